The summed E-state index contributed by atoms with van der Waals surface area (Å²) in [6.07, 6.45) is 0.979. The maximum absolute atomic E-state index is 12.3. The third kappa shape index (κ3) is 5.80. The van der Waals surface area contributed by atoms with Gasteiger partial charge in [-0.15, -0.1) is 0 Å². The van der Waals surface area contributed by atoms with Gasteiger partial charge in [0.2, 0.25) is 5.91 Å². The van der Waals surface area contributed by atoms with Crippen LogP contribution in [0.25, 0.3) is 28.0 Å². The van der Waals surface area contributed by atoms with Gasteiger partial charge < -0.3 is 10.0 Å². The molecule has 3 heterocycles. The van der Waals surface area contributed by atoms with Crippen molar-refractivity contribution in [2.75, 3.05) is 58.4 Å². The van der Waals surface area contributed by atoms with Gasteiger partial charge in [0.1, 0.15) is 5.82 Å². The molecule has 1 amide bonds. The minimum Gasteiger partial charge on any atom is -0.395 e. The van der Waals surface area contributed by atoms with Crippen LogP contribution in [-0.4, -0.2) is 89.1 Å². The van der Waals surface area contributed by atoms with E-state index >= 15 is 0 Å². The van der Waals surface area contributed by atoms with Gasteiger partial charge in [0.05, 0.1) is 25.1 Å². The summed E-state index contributed by atoms with van der Waals surface area (Å²) < 4.78 is 1.98. The van der Waals surface area contributed by atoms with E-state index in [9.17, 15) is 9.90 Å². The Balaban J connectivity index is 1.55. The monoisotopic (exact) mass is 528 g/mol. The van der Waals surface area contributed by atoms with E-state index in [1.54, 1.807) is 7.05 Å². The number of rotatable bonds is 9. The molecule has 0 spiro atoms. The molecule has 9 heteroatoms. The molecule has 0 atom stereocenters. The molecule has 0 saturated carbocycles. The number of nitrogens with zero attached hydrogens (tertiary/aromatic N) is 6. The molecule has 9 nitrogen and oxygen atoms in total. The molecule has 1 saturated heterocycles. The Morgan fingerprint density at radius 3 is 2.49 bits per heavy atom. The summed E-state index contributed by atoms with van der Waals surface area (Å²) in [4.78, 5) is 27.1. The molecule has 2 aromatic carbocycles. The smallest absolute Gasteiger partial charge is 0.246 e. The first-order valence-electron chi connectivity index (χ1n) is 13.4. The summed E-state index contributed by atoms with van der Waals surface area (Å²) in [6, 6.07) is 20.7. The van der Waals surface area contributed by atoms with E-state index in [0.29, 0.717) is 19.4 Å². The first-order chi connectivity index (χ1) is 19.0. The highest BCUT2D eigenvalue weighted by Gasteiger charge is 2.23. The fourth-order valence-electron chi connectivity index (χ4n) is 5.16. The highest BCUT2D eigenvalue weighted by molar-refractivity contribution is 5.83. The Labute approximate surface area is 229 Å². The average Bonchev–Trinajstić information content (AvgIpc) is 3.31. The van der Waals surface area contributed by atoms with Gasteiger partial charge in [0.15, 0.2) is 5.65 Å². The van der Waals surface area contributed by atoms with Crippen molar-refractivity contribution in [3.63, 3.8) is 0 Å². The lowest BCUT2D eigenvalue weighted by molar-refractivity contribution is -0.168. The van der Waals surface area contributed by atoms with Crippen LogP contribution in [0.15, 0.2) is 60.7 Å². The van der Waals surface area contributed by atoms with E-state index in [0.717, 1.165) is 71.3 Å². The van der Waals surface area contributed by atoms with Crippen LogP contribution in [0.5, 0.6) is 0 Å². The van der Waals surface area contributed by atoms with Crippen molar-refractivity contribution in [2.45, 2.75) is 19.8 Å². The number of carbonyl (C=O) groups excluding carboxylic acids is 1. The van der Waals surface area contributed by atoms with Gasteiger partial charge in [-0.05, 0) is 30.5 Å². The number of carbonyl (C=O) groups is 1. The number of benzene rings is 2. The van der Waals surface area contributed by atoms with Crippen LogP contribution in [0.4, 0.5) is 5.82 Å². The number of fused-ring (bicyclic) bond motifs is 1. The Bertz CT molecular complexity index is 1430. The van der Waals surface area contributed by atoms with Gasteiger partial charge in [-0.25, -0.2) is 10.0 Å². The molecule has 0 unspecified atom stereocenters. The maximum Gasteiger partial charge on any atom is 0.246 e. The van der Waals surface area contributed by atoms with Crippen molar-refractivity contribution in [1.29, 1.82) is 0 Å². The van der Waals surface area contributed by atoms with Crippen LogP contribution < -0.4 is 4.90 Å². The Morgan fingerprint density at radius 1 is 1.03 bits per heavy atom. The van der Waals surface area contributed by atoms with E-state index < -0.39 is 0 Å². The lowest BCUT2D eigenvalue weighted by Gasteiger charge is -2.35. The molecule has 0 radical (unpaired) electrons. The molecule has 1 fully saturated rings. The van der Waals surface area contributed by atoms with E-state index in [1.807, 2.05) is 41.8 Å². The molecule has 39 heavy (non-hydrogen) atoms. The number of hydroxylamine groups is 2. The van der Waals surface area contributed by atoms with Crippen molar-refractivity contribution in [1.82, 2.24) is 24.6 Å². The Morgan fingerprint density at radius 2 is 1.77 bits per heavy atom. The van der Waals surface area contributed by atoms with Crippen LogP contribution in [0.3, 0.4) is 0 Å². The molecule has 0 bridgehead atoms. The average molecular weight is 529 g/mol. The highest BCUT2D eigenvalue weighted by Crippen LogP contribution is 2.33. The van der Waals surface area contributed by atoms with Crippen LogP contribution in [0.2, 0.25) is 0 Å². The van der Waals surface area contributed by atoms with Crippen LogP contribution in [0.1, 0.15) is 17.7 Å². The summed E-state index contributed by atoms with van der Waals surface area (Å²) in [5.74, 6) is 0.943. The zero-order chi connectivity index (χ0) is 27.4. The second kappa shape index (κ2) is 11.9. The van der Waals surface area contributed by atoms with Crippen LogP contribution in [0, 0.1) is 6.92 Å². The third-order valence-corrected chi connectivity index (χ3v) is 7.40. The molecule has 2 aromatic heterocycles. The van der Waals surface area contributed by atoms with Gasteiger partial charge in [-0.2, -0.15) is 9.61 Å². The van der Waals surface area contributed by atoms with Gasteiger partial charge in [-0.3, -0.25) is 14.5 Å². The van der Waals surface area contributed by atoms with Crippen LogP contribution >= 0.6 is 0 Å². The predicted molar refractivity (Wildman–Crippen MR) is 152 cm³/mol. The molecule has 204 valence electrons. The standard InChI is InChI=1S/C30H36N6O3/c1-22-29(24-9-5-4-6-10-24)30-31-26(25-11-7-8-23(20-25)12-13-28(38)33(2)39-3)21-27(36(30)32-22)35-16-14-34(15-17-35)18-19-37/h4-11,20-21,37H,12-19H2,1-3H3. The van der Waals surface area contributed by atoms with E-state index in [2.05, 4.69) is 40.1 Å². The number of anilines is 1. The highest BCUT2D eigenvalue weighted by atomic mass is 16.7. The van der Waals surface area contributed by atoms with Crippen molar-refractivity contribution in [3.05, 3.63) is 71.9 Å². The van der Waals surface area contributed by atoms with Crippen molar-refractivity contribution in [3.8, 4) is 22.4 Å². The number of β-amino-alcohol motifs (C(OH)–C–C–N with tert-alkyl or cyclic N) is 1. The Kier molecular flexibility index (Phi) is 8.21. The molecule has 0 aliphatic carbocycles. The summed E-state index contributed by atoms with van der Waals surface area (Å²) in [6.45, 7) is 6.34. The topological polar surface area (TPSA) is 86.4 Å². The first-order valence-corrected chi connectivity index (χ1v) is 13.4. The summed E-state index contributed by atoms with van der Waals surface area (Å²) >= 11 is 0. The zero-order valence-electron chi connectivity index (χ0n) is 22.9. The number of piperazine rings is 1. The third-order valence-electron chi connectivity index (χ3n) is 7.40. The first kappa shape index (κ1) is 26.8. The lowest BCUT2D eigenvalue weighted by atomic mass is 10.0. The number of aliphatic hydroxyl groups excluding tert-OH is 1. The van der Waals surface area contributed by atoms with Crippen molar-refractivity contribution < 1.29 is 14.7 Å². The van der Waals surface area contributed by atoms with Gasteiger partial charge in [-0.1, -0.05) is 48.5 Å². The zero-order valence-corrected chi connectivity index (χ0v) is 22.9. The summed E-state index contributed by atoms with van der Waals surface area (Å²) in [5.41, 5.74) is 6.81. The molecular formula is C30H36N6O3. The van der Waals surface area contributed by atoms with Crippen molar-refractivity contribution in [2.24, 2.45) is 0 Å². The quantitative estimate of drug-likeness (QED) is 0.333. The number of aryl methyl sites for hydroxylation is 2. The number of amides is 1. The predicted octanol–water partition coefficient (Wildman–Crippen LogP) is 3.44. The number of aromatic nitrogens is 3. The van der Waals surface area contributed by atoms with Crippen molar-refractivity contribution >= 4 is 17.4 Å². The van der Waals surface area contributed by atoms with Gasteiger partial charge in [0, 0.05) is 63.4 Å². The largest absolute Gasteiger partial charge is 0.395 e. The minimum absolute atomic E-state index is 0.0627. The number of hydrogen-bond acceptors (Lipinski definition) is 7. The SMILES string of the molecule is CON(C)C(=O)CCc1cccc(-c2cc(N3CCN(CCO)CC3)n3nc(C)c(-c4ccccc4)c3n2)c1. The minimum atomic E-state index is -0.0627. The number of aliphatic hydroxyl groups is 1. The molecule has 1 aliphatic rings. The van der Waals surface area contributed by atoms with E-state index in [-0.39, 0.29) is 12.5 Å². The molecule has 5 rings (SSSR count). The van der Waals surface area contributed by atoms with Crippen LogP contribution in [-0.2, 0) is 16.1 Å². The molecule has 4 aromatic rings. The fourth-order valence-corrected chi connectivity index (χ4v) is 5.16. The molecule has 1 aliphatic heterocycles. The Hall–Kier alpha value is -3.79. The van der Waals surface area contributed by atoms with E-state index in [4.69, 9.17) is 14.9 Å². The van der Waals surface area contributed by atoms with Gasteiger partial charge in [0.25, 0.3) is 0 Å². The second-order valence-electron chi connectivity index (χ2n) is 9.89. The fraction of sp³-hybridized carbons (Fsp3) is 0.367. The normalized spacial score (nSPS) is 14.2. The van der Waals surface area contributed by atoms with Gasteiger partial charge >= 0.3 is 0 Å². The van der Waals surface area contributed by atoms with E-state index in [1.165, 1.54) is 12.2 Å². The lowest BCUT2D eigenvalue weighted by Crippen LogP contribution is -2.47. The molecule has 1 N–H and O–H groups in total. The maximum atomic E-state index is 12.3. The molecular weight excluding hydrogens is 492 g/mol. The number of hydrogen-bond donors (Lipinski definition) is 1. The summed E-state index contributed by atoms with van der Waals surface area (Å²) in [5, 5.41) is 15.6. The second-order valence-corrected chi connectivity index (χ2v) is 9.89. The summed E-state index contributed by atoms with van der Waals surface area (Å²) in [7, 11) is 3.12.